The lowest BCUT2D eigenvalue weighted by atomic mass is 9.95. The molecule has 1 aliphatic rings. The maximum Gasteiger partial charge on any atom is 0.163 e. The number of carbonyl (C=O) groups excluding carboxylic acids is 1. The summed E-state index contributed by atoms with van der Waals surface area (Å²) in [6, 6.07) is 8.17. The first-order valence-corrected chi connectivity index (χ1v) is 6.80. The van der Waals surface area contributed by atoms with E-state index in [-0.39, 0.29) is 0 Å². The van der Waals surface area contributed by atoms with Gasteiger partial charge < -0.3 is 0 Å². The Labute approximate surface area is 104 Å². The first-order chi connectivity index (χ1) is 8.16. The van der Waals surface area contributed by atoms with Crippen LogP contribution in [0.2, 0.25) is 0 Å². The van der Waals surface area contributed by atoms with Crippen LogP contribution in [0.4, 0.5) is 0 Å². The van der Waals surface area contributed by atoms with Gasteiger partial charge in [-0.05, 0) is 17.4 Å². The highest BCUT2D eigenvalue weighted by Crippen LogP contribution is 2.28. The second-order valence-electron chi connectivity index (χ2n) is 5.55. The maximum absolute atomic E-state index is 12.1. The molecule has 1 nitrogen and oxygen atoms in total. The van der Waals surface area contributed by atoms with Gasteiger partial charge in [0.1, 0.15) is 0 Å². The van der Waals surface area contributed by atoms with Crippen LogP contribution in [0.15, 0.2) is 24.3 Å². The molecule has 0 saturated heterocycles. The van der Waals surface area contributed by atoms with Gasteiger partial charge in [-0.25, -0.2) is 0 Å². The number of benzene rings is 1. The van der Waals surface area contributed by atoms with Crippen molar-refractivity contribution >= 4 is 5.78 Å². The van der Waals surface area contributed by atoms with Crippen LogP contribution in [0.1, 0.15) is 67.8 Å². The molecular weight excluding hydrogens is 208 g/mol. The molecule has 2 rings (SSSR count). The van der Waals surface area contributed by atoms with E-state index >= 15 is 0 Å². The first-order valence-electron chi connectivity index (χ1n) is 6.80. The molecular formula is C16H22O. The third-order valence-electron chi connectivity index (χ3n) is 3.85. The summed E-state index contributed by atoms with van der Waals surface area (Å²) in [7, 11) is 0. The van der Waals surface area contributed by atoms with Crippen LogP contribution in [0.25, 0.3) is 0 Å². The molecule has 0 unspecified atom stereocenters. The van der Waals surface area contributed by atoms with Crippen LogP contribution in [0.3, 0.4) is 0 Å². The van der Waals surface area contributed by atoms with Gasteiger partial charge >= 0.3 is 0 Å². The largest absolute Gasteiger partial charge is 0.294 e. The average Bonchev–Trinajstić information content (AvgIpc) is 2.82. The SMILES string of the molecule is CC(C)c1ccc(C(=O)CC2CCCC2)cc1. The number of Topliss-reactive ketones (excluding diaryl/α,β-unsaturated/α-hetero) is 1. The van der Waals surface area contributed by atoms with Gasteiger partial charge in [0, 0.05) is 12.0 Å². The molecule has 1 aromatic carbocycles. The molecule has 0 N–H and O–H groups in total. The first kappa shape index (κ1) is 12.3. The molecule has 0 heterocycles. The predicted octanol–water partition coefficient (Wildman–Crippen LogP) is 4.57. The second kappa shape index (κ2) is 5.48. The molecule has 1 aliphatic carbocycles. The van der Waals surface area contributed by atoms with E-state index in [1.54, 1.807) is 0 Å². The Hall–Kier alpha value is -1.11. The topological polar surface area (TPSA) is 17.1 Å². The van der Waals surface area contributed by atoms with Crippen LogP contribution in [-0.2, 0) is 0 Å². The summed E-state index contributed by atoms with van der Waals surface area (Å²) in [6.07, 6.45) is 5.86. The van der Waals surface area contributed by atoms with E-state index < -0.39 is 0 Å². The molecule has 17 heavy (non-hydrogen) atoms. The van der Waals surface area contributed by atoms with Gasteiger partial charge in [0.05, 0.1) is 0 Å². The van der Waals surface area contributed by atoms with E-state index in [9.17, 15) is 4.79 Å². The Balaban J connectivity index is 1.98. The highest BCUT2D eigenvalue weighted by Gasteiger charge is 2.19. The van der Waals surface area contributed by atoms with E-state index in [1.165, 1.54) is 31.2 Å². The molecule has 0 atom stereocenters. The third kappa shape index (κ3) is 3.18. The zero-order valence-electron chi connectivity index (χ0n) is 10.9. The normalized spacial score (nSPS) is 16.6. The Morgan fingerprint density at radius 2 is 1.76 bits per heavy atom. The Morgan fingerprint density at radius 1 is 1.18 bits per heavy atom. The van der Waals surface area contributed by atoms with Gasteiger partial charge in [0.2, 0.25) is 0 Å². The van der Waals surface area contributed by atoms with Crippen molar-refractivity contribution in [1.29, 1.82) is 0 Å². The minimum Gasteiger partial charge on any atom is -0.294 e. The summed E-state index contributed by atoms with van der Waals surface area (Å²) in [5, 5.41) is 0. The second-order valence-corrected chi connectivity index (χ2v) is 5.55. The molecule has 0 bridgehead atoms. The van der Waals surface area contributed by atoms with E-state index in [2.05, 4.69) is 26.0 Å². The smallest absolute Gasteiger partial charge is 0.163 e. The lowest BCUT2D eigenvalue weighted by Gasteiger charge is -2.09. The highest BCUT2D eigenvalue weighted by molar-refractivity contribution is 5.96. The molecule has 1 heteroatoms. The lowest BCUT2D eigenvalue weighted by molar-refractivity contribution is 0.0962. The molecule has 1 saturated carbocycles. The maximum atomic E-state index is 12.1. The van der Waals surface area contributed by atoms with Gasteiger partial charge in [0.15, 0.2) is 5.78 Å². The van der Waals surface area contributed by atoms with Crippen molar-refractivity contribution in [3.05, 3.63) is 35.4 Å². The van der Waals surface area contributed by atoms with Crippen molar-refractivity contribution in [2.24, 2.45) is 5.92 Å². The molecule has 92 valence electrons. The zero-order chi connectivity index (χ0) is 12.3. The van der Waals surface area contributed by atoms with Gasteiger partial charge in [-0.3, -0.25) is 4.79 Å². The molecule has 1 aromatic rings. The summed E-state index contributed by atoms with van der Waals surface area (Å²) in [5.74, 6) is 1.51. The number of hydrogen-bond acceptors (Lipinski definition) is 1. The summed E-state index contributed by atoms with van der Waals surface area (Å²) in [5.41, 5.74) is 2.20. The number of hydrogen-bond donors (Lipinski definition) is 0. The Kier molecular flexibility index (Phi) is 3.98. The van der Waals surface area contributed by atoms with Crippen molar-refractivity contribution in [2.45, 2.75) is 51.9 Å². The Bertz CT molecular complexity index is 369. The van der Waals surface area contributed by atoms with Crippen molar-refractivity contribution in [3.8, 4) is 0 Å². The summed E-state index contributed by atoms with van der Waals surface area (Å²) >= 11 is 0. The van der Waals surface area contributed by atoms with Crippen molar-refractivity contribution in [3.63, 3.8) is 0 Å². The molecule has 0 spiro atoms. The average molecular weight is 230 g/mol. The summed E-state index contributed by atoms with van der Waals surface area (Å²) in [6.45, 7) is 4.35. The quantitative estimate of drug-likeness (QED) is 0.692. The molecule has 1 fully saturated rings. The molecule has 0 amide bonds. The molecule has 0 radical (unpaired) electrons. The predicted molar refractivity (Wildman–Crippen MR) is 71.4 cm³/mol. The standard InChI is InChI=1S/C16H22O/c1-12(2)14-7-9-15(10-8-14)16(17)11-13-5-3-4-6-13/h7-10,12-13H,3-6,11H2,1-2H3. The number of ketones is 1. The third-order valence-corrected chi connectivity index (χ3v) is 3.85. The molecule has 0 aromatic heterocycles. The van der Waals surface area contributed by atoms with Crippen molar-refractivity contribution in [2.75, 3.05) is 0 Å². The fraction of sp³-hybridized carbons (Fsp3) is 0.562. The fourth-order valence-electron chi connectivity index (χ4n) is 2.65. The van der Waals surface area contributed by atoms with Crippen molar-refractivity contribution in [1.82, 2.24) is 0 Å². The monoisotopic (exact) mass is 230 g/mol. The lowest BCUT2D eigenvalue weighted by Crippen LogP contribution is -2.06. The summed E-state index contributed by atoms with van der Waals surface area (Å²) < 4.78 is 0. The summed E-state index contributed by atoms with van der Waals surface area (Å²) in [4.78, 5) is 12.1. The minimum absolute atomic E-state index is 0.326. The fourth-order valence-corrected chi connectivity index (χ4v) is 2.65. The van der Waals surface area contributed by atoms with Gasteiger partial charge in [0.25, 0.3) is 0 Å². The highest BCUT2D eigenvalue weighted by atomic mass is 16.1. The van der Waals surface area contributed by atoms with Crippen LogP contribution >= 0.6 is 0 Å². The van der Waals surface area contributed by atoms with E-state index in [1.807, 2.05) is 12.1 Å². The zero-order valence-corrected chi connectivity index (χ0v) is 10.9. The minimum atomic E-state index is 0.326. The van der Waals surface area contributed by atoms with E-state index in [0.717, 1.165) is 12.0 Å². The van der Waals surface area contributed by atoms with Crippen LogP contribution in [-0.4, -0.2) is 5.78 Å². The van der Waals surface area contributed by atoms with E-state index in [4.69, 9.17) is 0 Å². The van der Waals surface area contributed by atoms with E-state index in [0.29, 0.717) is 17.6 Å². The van der Waals surface area contributed by atoms with Crippen LogP contribution in [0.5, 0.6) is 0 Å². The molecule has 0 aliphatic heterocycles. The van der Waals surface area contributed by atoms with Gasteiger partial charge in [-0.2, -0.15) is 0 Å². The van der Waals surface area contributed by atoms with Crippen LogP contribution < -0.4 is 0 Å². The number of carbonyl (C=O) groups is 1. The van der Waals surface area contributed by atoms with Gasteiger partial charge in [-0.1, -0.05) is 63.8 Å². The number of rotatable bonds is 4. The Morgan fingerprint density at radius 3 is 2.29 bits per heavy atom. The van der Waals surface area contributed by atoms with Crippen LogP contribution in [0, 0.1) is 5.92 Å². The van der Waals surface area contributed by atoms with Crippen molar-refractivity contribution < 1.29 is 4.79 Å². The van der Waals surface area contributed by atoms with Gasteiger partial charge in [-0.15, -0.1) is 0 Å².